The lowest BCUT2D eigenvalue weighted by atomic mass is 9.86. The highest BCUT2D eigenvalue weighted by Gasteiger charge is 2.64. The van der Waals surface area contributed by atoms with E-state index < -0.39 is 44.4 Å². The van der Waals surface area contributed by atoms with Gasteiger partial charge in [0.25, 0.3) is 14.2 Å². The van der Waals surface area contributed by atoms with E-state index in [2.05, 4.69) is 89.6 Å². The van der Waals surface area contributed by atoms with Crippen LogP contribution in [0.1, 0.15) is 56.3 Å². The van der Waals surface area contributed by atoms with Crippen LogP contribution >= 0.6 is 0 Å². The van der Waals surface area contributed by atoms with Crippen molar-refractivity contribution in [3.05, 3.63) is 145 Å². The minimum atomic E-state index is -2.97. The van der Waals surface area contributed by atoms with E-state index in [1.165, 1.54) is 13.3 Å². The zero-order valence-corrected chi connectivity index (χ0v) is 32.2. The van der Waals surface area contributed by atoms with Crippen LogP contribution in [0.3, 0.4) is 0 Å². The lowest BCUT2D eigenvalue weighted by Crippen LogP contribution is -2.67. The molecule has 0 unspecified atom stereocenters. The van der Waals surface area contributed by atoms with Crippen LogP contribution in [0, 0.1) is 0 Å². The SMILES string of the molecule is CC(=O)O[C@H]1[C@H]2O[C@H](n3cnc4c(NC(=O)c5ccccc5)ncnc43)C[C@@]2(c2ccccc2)O[C@@H]1CO[Si](c1ccccc1)(c1ccccc1)C(C)(C)C. The van der Waals surface area contributed by atoms with Gasteiger partial charge in [-0.05, 0) is 33.1 Å². The van der Waals surface area contributed by atoms with Crippen LogP contribution in [-0.2, 0) is 29.0 Å². The molecule has 0 radical (unpaired) electrons. The molecule has 12 heteroatoms. The van der Waals surface area contributed by atoms with Crippen molar-refractivity contribution >= 4 is 47.5 Å². The summed E-state index contributed by atoms with van der Waals surface area (Å²) in [6, 6.07) is 39.7. The summed E-state index contributed by atoms with van der Waals surface area (Å²) in [6.45, 7) is 8.24. The highest BCUT2D eigenvalue weighted by atomic mass is 28.4. The lowest BCUT2D eigenvalue weighted by molar-refractivity contribution is -0.158. The number of rotatable bonds is 10. The third-order valence-corrected chi connectivity index (χ3v) is 15.7. The van der Waals surface area contributed by atoms with Gasteiger partial charge in [0.1, 0.15) is 30.4 Å². The van der Waals surface area contributed by atoms with Crippen molar-refractivity contribution in [1.29, 1.82) is 0 Å². The molecular weight excluding hydrogens is 711 g/mol. The summed E-state index contributed by atoms with van der Waals surface area (Å²) >= 11 is 0. The molecule has 2 aliphatic rings. The Hall–Kier alpha value is -5.53. The smallest absolute Gasteiger partial charge is 0.303 e. The molecule has 11 nitrogen and oxygen atoms in total. The van der Waals surface area contributed by atoms with Gasteiger partial charge in [-0.3, -0.25) is 14.2 Å². The van der Waals surface area contributed by atoms with Crippen molar-refractivity contribution in [2.45, 2.75) is 69.3 Å². The molecular formula is C43H43N5O6Si. The fraction of sp³-hybridized carbons (Fsp3) is 0.279. The molecule has 4 heterocycles. The van der Waals surface area contributed by atoms with Gasteiger partial charge in [0.2, 0.25) is 0 Å². The molecule has 6 aromatic rings. The average Bonchev–Trinajstić information content (AvgIpc) is 3.88. The molecule has 2 fully saturated rings. The Kier molecular flexibility index (Phi) is 9.68. The maximum Gasteiger partial charge on any atom is 0.303 e. The molecule has 1 N–H and O–H groups in total. The Morgan fingerprint density at radius 3 is 2.05 bits per heavy atom. The van der Waals surface area contributed by atoms with Crippen molar-refractivity contribution in [1.82, 2.24) is 19.5 Å². The quantitative estimate of drug-likeness (QED) is 0.129. The van der Waals surface area contributed by atoms with Crippen LogP contribution in [0.15, 0.2) is 134 Å². The minimum Gasteiger partial charge on any atom is -0.457 e. The Balaban J connectivity index is 1.15. The highest BCUT2D eigenvalue weighted by Crippen LogP contribution is 2.54. The Morgan fingerprint density at radius 1 is 0.855 bits per heavy atom. The van der Waals surface area contributed by atoms with Crippen LogP contribution in [0.25, 0.3) is 11.2 Å². The molecule has 4 aromatic carbocycles. The third-order valence-electron chi connectivity index (χ3n) is 10.6. The number of fused-ring (bicyclic) bond motifs is 2. The summed E-state index contributed by atoms with van der Waals surface area (Å²) in [7, 11) is -2.97. The highest BCUT2D eigenvalue weighted by molar-refractivity contribution is 6.99. The van der Waals surface area contributed by atoms with Gasteiger partial charge in [-0.25, -0.2) is 15.0 Å². The van der Waals surface area contributed by atoms with Crippen molar-refractivity contribution < 1.29 is 28.2 Å². The zero-order chi connectivity index (χ0) is 38.2. The first-order chi connectivity index (χ1) is 26.6. The molecule has 2 aromatic heterocycles. The van der Waals surface area contributed by atoms with Gasteiger partial charge in [0.05, 0.1) is 12.9 Å². The second kappa shape index (κ2) is 14.6. The number of esters is 1. The van der Waals surface area contributed by atoms with Gasteiger partial charge in [-0.15, -0.1) is 0 Å². The van der Waals surface area contributed by atoms with E-state index in [1.54, 1.807) is 30.6 Å². The van der Waals surface area contributed by atoms with Gasteiger partial charge in [0, 0.05) is 18.9 Å². The van der Waals surface area contributed by atoms with E-state index in [9.17, 15) is 9.59 Å². The maximum absolute atomic E-state index is 13.0. The molecule has 2 saturated heterocycles. The predicted molar refractivity (Wildman–Crippen MR) is 210 cm³/mol. The minimum absolute atomic E-state index is 0.163. The molecule has 2 aliphatic heterocycles. The van der Waals surface area contributed by atoms with Crippen LogP contribution in [0.4, 0.5) is 5.82 Å². The Morgan fingerprint density at radius 2 is 1.45 bits per heavy atom. The summed E-state index contributed by atoms with van der Waals surface area (Å²) in [5.41, 5.74) is 1.26. The van der Waals surface area contributed by atoms with E-state index in [0.29, 0.717) is 23.1 Å². The summed E-state index contributed by atoms with van der Waals surface area (Å²) in [6.07, 6.45) is 0.611. The molecule has 0 aliphatic carbocycles. The van der Waals surface area contributed by atoms with Gasteiger partial charge >= 0.3 is 5.97 Å². The second-order valence-corrected chi connectivity index (χ2v) is 19.3. The van der Waals surface area contributed by atoms with Crippen LogP contribution in [0.5, 0.6) is 0 Å². The van der Waals surface area contributed by atoms with E-state index in [-0.39, 0.29) is 23.4 Å². The second-order valence-electron chi connectivity index (χ2n) is 15.0. The number of nitrogens with one attached hydrogen (secondary N) is 1. The number of carbonyl (C=O) groups is 2. The van der Waals surface area contributed by atoms with Crippen LogP contribution in [0.2, 0.25) is 5.04 Å². The Labute approximate surface area is 320 Å². The number of hydrogen-bond donors (Lipinski definition) is 1. The van der Waals surface area contributed by atoms with Gasteiger partial charge < -0.3 is 24.0 Å². The normalized spacial score (nSPS) is 22.3. The number of carbonyl (C=O) groups excluding carboxylic acids is 2. The van der Waals surface area contributed by atoms with E-state index in [0.717, 1.165) is 15.9 Å². The molecule has 55 heavy (non-hydrogen) atoms. The number of imidazole rings is 1. The van der Waals surface area contributed by atoms with Gasteiger partial charge in [-0.1, -0.05) is 130 Å². The van der Waals surface area contributed by atoms with Gasteiger partial charge in [-0.2, -0.15) is 0 Å². The monoisotopic (exact) mass is 753 g/mol. The average molecular weight is 754 g/mol. The number of nitrogens with zero attached hydrogens (tertiary/aromatic N) is 4. The molecule has 8 rings (SSSR count). The summed E-state index contributed by atoms with van der Waals surface area (Å²) < 4.78 is 29.4. The topological polar surface area (TPSA) is 127 Å². The van der Waals surface area contributed by atoms with Crippen LogP contribution in [-0.4, -0.2) is 64.6 Å². The summed E-state index contributed by atoms with van der Waals surface area (Å²) in [4.78, 5) is 39.4. The fourth-order valence-electron chi connectivity index (χ4n) is 8.28. The molecule has 280 valence electrons. The standard InChI is InChI=1S/C43H43N5O6Si/c1-29(49)52-37-34(26-51-55(42(2,3)4,32-21-13-7-14-22-32)33-23-15-8-16-24-33)54-43(31-19-11-6-12-20-31)25-35(53-38(37)43)48-28-46-36-39(44-27-45-40(36)48)47-41(50)30-17-9-5-10-18-30/h5-24,27-28,34-35,37-38H,25-26H2,1-4H3,(H,44,45,47,50)/t34-,35+,37-,38-,43+/m1/s1. The maximum atomic E-state index is 13.0. The van der Waals surface area contributed by atoms with Crippen molar-refractivity contribution in [2.24, 2.45) is 0 Å². The zero-order valence-electron chi connectivity index (χ0n) is 31.2. The third kappa shape index (κ3) is 6.54. The van der Waals surface area contributed by atoms with E-state index >= 15 is 0 Å². The molecule has 0 saturated carbocycles. The number of amides is 1. The van der Waals surface area contributed by atoms with Crippen molar-refractivity contribution in [3.8, 4) is 0 Å². The number of benzene rings is 4. The number of anilines is 1. The summed E-state index contributed by atoms with van der Waals surface area (Å²) in [5.74, 6) is -0.475. The van der Waals surface area contributed by atoms with E-state index in [4.69, 9.17) is 18.6 Å². The number of ether oxygens (including phenoxy) is 3. The molecule has 0 spiro atoms. The van der Waals surface area contributed by atoms with Crippen LogP contribution < -0.4 is 15.7 Å². The summed E-state index contributed by atoms with van der Waals surface area (Å²) in [5, 5.41) is 4.87. The van der Waals surface area contributed by atoms with Gasteiger partial charge in [0.15, 0.2) is 23.1 Å². The van der Waals surface area contributed by atoms with Crippen molar-refractivity contribution in [2.75, 3.05) is 11.9 Å². The predicted octanol–water partition coefficient (Wildman–Crippen LogP) is 6.17. The fourth-order valence-corrected chi connectivity index (χ4v) is 12.8. The number of aromatic nitrogens is 4. The lowest BCUT2D eigenvalue weighted by Gasteiger charge is -2.43. The molecule has 1 amide bonds. The first-order valence-corrected chi connectivity index (χ1v) is 20.4. The Bertz CT molecular complexity index is 2250. The molecule has 5 atom stereocenters. The van der Waals surface area contributed by atoms with Crippen molar-refractivity contribution in [3.63, 3.8) is 0 Å². The molecule has 0 bridgehead atoms. The number of hydrogen-bond acceptors (Lipinski definition) is 9. The first-order valence-electron chi connectivity index (χ1n) is 18.5. The first kappa shape index (κ1) is 36.4. The largest absolute Gasteiger partial charge is 0.457 e. The van der Waals surface area contributed by atoms with E-state index in [1.807, 2.05) is 53.1 Å².